The molecule has 1 fully saturated rings. The van der Waals surface area contributed by atoms with Crippen LogP contribution in [-0.4, -0.2) is 48.9 Å². The fourth-order valence-corrected chi connectivity index (χ4v) is 3.37. The second-order valence-corrected chi connectivity index (χ2v) is 6.29. The molecule has 1 saturated heterocycles. The van der Waals surface area contributed by atoms with Crippen LogP contribution in [0.15, 0.2) is 32.6 Å². The van der Waals surface area contributed by atoms with Crippen LogP contribution >= 0.6 is 11.3 Å². The van der Waals surface area contributed by atoms with Gasteiger partial charge in [-0.1, -0.05) is 5.21 Å². The topological polar surface area (TPSA) is 110 Å². The Morgan fingerprint density at radius 3 is 3.08 bits per heavy atom. The molecule has 1 amide bonds. The molecule has 4 rings (SSSR count). The Labute approximate surface area is 139 Å². The van der Waals surface area contributed by atoms with Gasteiger partial charge in [0.2, 0.25) is 0 Å². The lowest BCUT2D eigenvalue weighted by Gasteiger charge is -2.32. The minimum atomic E-state index is -0.629. The van der Waals surface area contributed by atoms with Crippen LogP contribution in [0.2, 0.25) is 0 Å². The normalized spacial score (nSPS) is 18.0. The second kappa shape index (κ2) is 6.04. The number of nitrogens with zero attached hydrogens (tertiary/aromatic N) is 5. The van der Waals surface area contributed by atoms with Crippen LogP contribution < -0.4 is 5.76 Å². The van der Waals surface area contributed by atoms with E-state index in [0.717, 1.165) is 30.5 Å². The Bertz CT molecular complexity index is 896. The summed E-state index contributed by atoms with van der Waals surface area (Å²) in [7, 11) is 0. The smallest absolute Gasteiger partial charge is 0.416 e. The number of rotatable bonds is 3. The first-order chi connectivity index (χ1) is 11.7. The maximum Gasteiger partial charge on any atom is 0.416 e. The summed E-state index contributed by atoms with van der Waals surface area (Å²) in [5.41, 5.74) is 3.44. The molecule has 4 heterocycles. The number of aromatic nitrogens is 5. The Morgan fingerprint density at radius 1 is 1.42 bits per heavy atom. The van der Waals surface area contributed by atoms with Crippen molar-refractivity contribution in [2.24, 2.45) is 0 Å². The van der Waals surface area contributed by atoms with Gasteiger partial charge in [-0.2, -0.15) is 0 Å². The van der Waals surface area contributed by atoms with E-state index in [1.165, 1.54) is 11.3 Å². The highest BCUT2D eigenvalue weighted by atomic mass is 32.1. The number of carbonyl (C=O) groups excluding carboxylic acids is 1. The summed E-state index contributed by atoms with van der Waals surface area (Å²) in [6.45, 7) is 1.14. The van der Waals surface area contributed by atoms with E-state index in [-0.39, 0.29) is 17.6 Å². The molecule has 0 saturated carbocycles. The van der Waals surface area contributed by atoms with Crippen LogP contribution in [-0.2, 0) is 0 Å². The van der Waals surface area contributed by atoms with Crippen molar-refractivity contribution in [2.75, 3.05) is 13.1 Å². The lowest BCUT2D eigenvalue weighted by atomic mass is 10.1. The van der Waals surface area contributed by atoms with Crippen LogP contribution in [0.4, 0.5) is 0 Å². The molecule has 10 heteroatoms. The maximum absolute atomic E-state index is 12.4. The molecule has 3 aromatic heterocycles. The molecule has 0 radical (unpaired) electrons. The van der Waals surface area contributed by atoms with Gasteiger partial charge >= 0.3 is 5.76 Å². The highest BCUT2D eigenvalue weighted by molar-refractivity contribution is 7.07. The fraction of sp³-hybridized carbons (Fsp3) is 0.357. The van der Waals surface area contributed by atoms with Crippen molar-refractivity contribution in [3.05, 3.63) is 39.6 Å². The summed E-state index contributed by atoms with van der Waals surface area (Å²) in [5, 5.41) is 10.3. The fourth-order valence-electron chi connectivity index (χ4n) is 2.82. The van der Waals surface area contributed by atoms with E-state index in [2.05, 4.69) is 24.7 Å². The van der Waals surface area contributed by atoms with Gasteiger partial charge in [0.05, 0.1) is 17.7 Å². The molecule has 0 aromatic carbocycles. The van der Waals surface area contributed by atoms with E-state index < -0.39 is 5.76 Å². The number of thiazole rings is 1. The van der Waals surface area contributed by atoms with Crippen molar-refractivity contribution in [1.82, 2.24) is 29.9 Å². The summed E-state index contributed by atoms with van der Waals surface area (Å²) in [5.74, 6) is -0.874. The van der Waals surface area contributed by atoms with Gasteiger partial charge in [0.1, 0.15) is 23.3 Å². The number of piperidine rings is 1. The van der Waals surface area contributed by atoms with Crippen LogP contribution in [0.25, 0.3) is 11.4 Å². The molecule has 1 atom stereocenters. The third kappa shape index (κ3) is 2.75. The zero-order chi connectivity index (χ0) is 16.5. The van der Waals surface area contributed by atoms with Gasteiger partial charge in [0.25, 0.3) is 5.91 Å². The van der Waals surface area contributed by atoms with Gasteiger partial charge in [-0.3, -0.25) is 9.78 Å². The summed E-state index contributed by atoms with van der Waals surface area (Å²) in [6.07, 6.45) is 4.77. The van der Waals surface area contributed by atoms with Crippen LogP contribution in [0, 0.1) is 0 Å². The zero-order valence-corrected chi connectivity index (χ0v) is 13.4. The Hall–Kier alpha value is -2.75. The standard InChI is InChI=1S/C14H14N6O3S/c21-13(11-6-23-14(22)16-11)19-3-1-2-9(4-19)20-5-10(17-18-20)12-7-24-8-15-12/h5-9H,1-4H2,(H,16,22). The number of H-pyrrole nitrogens is 1. The monoisotopic (exact) mass is 346 g/mol. The van der Waals surface area contributed by atoms with Crippen molar-refractivity contribution in [2.45, 2.75) is 18.9 Å². The number of nitrogens with one attached hydrogen (secondary N) is 1. The lowest BCUT2D eigenvalue weighted by Crippen LogP contribution is -2.41. The van der Waals surface area contributed by atoms with E-state index in [0.29, 0.717) is 13.1 Å². The first-order valence-electron chi connectivity index (χ1n) is 7.48. The van der Waals surface area contributed by atoms with Crippen molar-refractivity contribution >= 4 is 17.2 Å². The average molecular weight is 346 g/mol. The van der Waals surface area contributed by atoms with Crippen LogP contribution in [0.3, 0.4) is 0 Å². The second-order valence-electron chi connectivity index (χ2n) is 5.57. The molecule has 1 N–H and O–H groups in total. The third-order valence-corrected chi connectivity index (χ3v) is 4.60. The van der Waals surface area contributed by atoms with Crippen molar-refractivity contribution < 1.29 is 9.21 Å². The SMILES string of the molecule is O=C(c1coc(=O)[nH]1)N1CCCC(n2cc(-c3cscn3)nn2)C1. The largest absolute Gasteiger partial charge is 0.416 e. The van der Waals surface area contributed by atoms with Gasteiger partial charge < -0.3 is 9.32 Å². The van der Waals surface area contributed by atoms with E-state index in [1.54, 1.807) is 15.1 Å². The minimum absolute atomic E-state index is 0.0428. The zero-order valence-electron chi connectivity index (χ0n) is 12.6. The molecule has 3 aromatic rings. The van der Waals surface area contributed by atoms with E-state index in [4.69, 9.17) is 0 Å². The van der Waals surface area contributed by atoms with Gasteiger partial charge in [0.15, 0.2) is 0 Å². The molecule has 1 aliphatic rings. The number of amides is 1. The molecule has 0 spiro atoms. The number of carbonyl (C=O) groups is 1. The van der Waals surface area contributed by atoms with E-state index in [9.17, 15) is 9.59 Å². The third-order valence-electron chi connectivity index (χ3n) is 4.01. The molecule has 0 bridgehead atoms. The van der Waals surface area contributed by atoms with Gasteiger partial charge in [0, 0.05) is 18.5 Å². The van der Waals surface area contributed by atoms with Crippen molar-refractivity contribution in [1.29, 1.82) is 0 Å². The number of hydrogen-bond acceptors (Lipinski definition) is 7. The van der Waals surface area contributed by atoms with Gasteiger partial charge in [-0.05, 0) is 12.8 Å². The Kier molecular flexibility index (Phi) is 3.73. The van der Waals surface area contributed by atoms with Gasteiger partial charge in [-0.15, -0.1) is 16.4 Å². The Balaban J connectivity index is 1.51. The van der Waals surface area contributed by atoms with Crippen molar-refractivity contribution in [3.8, 4) is 11.4 Å². The number of hydrogen-bond donors (Lipinski definition) is 1. The number of oxazole rings is 1. The summed E-state index contributed by atoms with van der Waals surface area (Å²) in [6, 6.07) is 0.0428. The lowest BCUT2D eigenvalue weighted by molar-refractivity contribution is 0.0666. The quantitative estimate of drug-likeness (QED) is 0.762. The molecule has 24 heavy (non-hydrogen) atoms. The van der Waals surface area contributed by atoms with E-state index in [1.807, 2.05) is 11.6 Å². The molecule has 9 nitrogen and oxygen atoms in total. The average Bonchev–Trinajstić information content (AvgIpc) is 3.35. The predicted octanol–water partition coefficient (Wildman–Crippen LogP) is 1.16. The number of likely N-dealkylation sites (tertiary alicyclic amines) is 1. The highest BCUT2D eigenvalue weighted by Gasteiger charge is 2.27. The molecule has 124 valence electrons. The van der Waals surface area contributed by atoms with Gasteiger partial charge in [-0.25, -0.2) is 14.5 Å². The molecule has 0 aliphatic carbocycles. The van der Waals surface area contributed by atoms with Crippen molar-refractivity contribution in [3.63, 3.8) is 0 Å². The highest BCUT2D eigenvalue weighted by Crippen LogP contribution is 2.24. The summed E-state index contributed by atoms with van der Waals surface area (Å²) < 4.78 is 6.42. The summed E-state index contributed by atoms with van der Waals surface area (Å²) in [4.78, 5) is 31.8. The Morgan fingerprint density at radius 2 is 2.33 bits per heavy atom. The van der Waals surface area contributed by atoms with Crippen LogP contribution in [0.1, 0.15) is 29.4 Å². The predicted molar refractivity (Wildman–Crippen MR) is 84.6 cm³/mol. The minimum Gasteiger partial charge on any atom is -0.416 e. The van der Waals surface area contributed by atoms with Crippen LogP contribution in [0.5, 0.6) is 0 Å². The summed E-state index contributed by atoms with van der Waals surface area (Å²) >= 11 is 1.50. The first-order valence-corrected chi connectivity index (χ1v) is 8.42. The molecule has 1 unspecified atom stereocenters. The number of aromatic amines is 1. The van der Waals surface area contributed by atoms with E-state index >= 15 is 0 Å². The molecular weight excluding hydrogens is 332 g/mol. The first kappa shape index (κ1) is 14.8. The maximum atomic E-state index is 12.4. The molecule has 1 aliphatic heterocycles. The molecular formula is C14H14N6O3S.